The molecule has 140 valence electrons. The molecule has 1 amide bonds. The average molecular weight is 452 g/mol. The van der Waals surface area contributed by atoms with Gasteiger partial charge in [0.25, 0.3) is 5.91 Å². The molecule has 2 aromatic carbocycles. The molecule has 4 nitrogen and oxygen atoms in total. The van der Waals surface area contributed by atoms with Crippen molar-refractivity contribution in [2.75, 3.05) is 4.90 Å². The van der Waals surface area contributed by atoms with Gasteiger partial charge in [0.15, 0.2) is 5.13 Å². The van der Waals surface area contributed by atoms with Crippen molar-refractivity contribution < 1.29 is 4.79 Å². The van der Waals surface area contributed by atoms with Gasteiger partial charge in [-0.05, 0) is 66.9 Å². The average Bonchev–Trinajstić information content (AvgIpc) is 3.15. The van der Waals surface area contributed by atoms with E-state index in [1.807, 2.05) is 36.4 Å². The number of amides is 1. The highest BCUT2D eigenvalue weighted by Gasteiger charge is 2.22. The maximum absolute atomic E-state index is 13.3. The van der Waals surface area contributed by atoms with Crippen molar-refractivity contribution in [2.45, 2.75) is 20.4 Å². The van der Waals surface area contributed by atoms with Crippen LogP contribution in [-0.2, 0) is 6.54 Å². The lowest BCUT2D eigenvalue weighted by Gasteiger charge is -2.20. The monoisotopic (exact) mass is 451 g/mol. The van der Waals surface area contributed by atoms with E-state index in [0.717, 1.165) is 25.8 Å². The molecule has 0 atom stereocenters. The summed E-state index contributed by atoms with van der Waals surface area (Å²) in [6.07, 6.45) is 3.51. The van der Waals surface area contributed by atoms with Crippen molar-refractivity contribution in [3.05, 3.63) is 87.7 Å². The second kappa shape index (κ2) is 7.81. The molecule has 0 aliphatic heterocycles. The summed E-state index contributed by atoms with van der Waals surface area (Å²) in [6, 6.07) is 15.4. The van der Waals surface area contributed by atoms with Gasteiger partial charge in [-0.3, -0.25) is 14.7 Å². The van der Waals surface area contributed by atoms with Gasteiger partial charge in [0.2, 0.25) is 0 Å². The van der Waals surface area contributed by atoms with Gasteiger partial charge < -0.3 is 0 Å². The molecule has 0 aliphatic carbocycles. The van der Waals surface area contributed by atoms with Crippen molar-refractivity contribution in [1.29, 1.82) is 0 Å². The Morgan fingerprint density at radius 3 is 2.61 bits per heavy atom. The summed E-state index contributed by atoms with van der Waals surface area (Å²) in [5, 5.41) is 0.695. The van der Waals surface area contributed by atoms with Gasteiger partial charge in [-0.25, -0.2) is 4.98 Å². The first kappa shape index (κ1) is 18.8. The van der Waals surface area contributed by atoms with Crippen LogP contribution in [0.5, 0.6) is 0 Å². The molecular formula is C22H18BrN3OS. The van der Waals surface area contributed by atoms with Crippen molar-refractivity contribution >= 4 is 48.5 Å². The van der Waals surface area contributed by atoms with Crippen LogP contribution in [0.1, 0.15) is 27.0 Å². The van der Waals surface area contributed by atoms with Crippen LogP contribution in [0.4, 0.5) is 5.13 Å². The zero-order valence-corrected chi connectivity index (χ0v) is 17.9. The molecule has 2 heterocycles. The van der Waals surface area contributed by atoms with E-state index >= 15 is 0 Å². The number of thiazole rings is 1. The fourth-order valence-corrected chi connectivity index (χ4v) is 4.27. The fraction of sp³-hybridized carbons (Fsp3) is 0.136. The van der Waals surface area contributed by atoms with Gasteiger partial charge in [0, 0.05) is 22.4 Å². The van der Waals surface area contributed by atoms with Crippen molar-refractivity contribution in [3.63, 3.8) is 0 Å². The summed E-state index contributed by atoms with van der Waals surface area (Å²) in [5.41, 5.74) is 4.89. The number of hydrogen-bond acceptors (Lipinski definition) is 4. The molecular weight excluding hydrogens is 434 g/mol. The first-order valence-electron chi connectivity index (χ1n) is 8.86. The highest BCUT2D eigenvalue weighted by molar-refractivity contribution is 9.10. The largest absolute Gasteiger partial charge is 0.279 e. The molecule has 0 saturated heterocycles. The van der Waals surface area contributed by atoms with E-state index in [1.165, 1.54) is 16.9 Å². The number of carbonyl (C=O) groups is 1. The molecule has 0 unspecified atom stereocenters. The molecule has 4 rings (SSSR count). The molecule has 0 bridgehead atoms. The number of halogens is 1. The second-order valence-electron chi connectivity index (χ2n) is 6.61. The Morgan fingerprint density at radius 1 is 1.11 bits per heavy atom. The molecule has 6 heteroatoms. The molecule has 4 aromatic rings. The molecule has 0 fully saturated rings. The summed E-state index contributed by atoms with van der Waals surface area (Å²) in [6.45, 7) is 4.57. The van der Waals surface area contributed by atoms with Crippen molar-refractivity contribution in [1.82, 2.24) is 9.97 Å². The molecule has 0 spiro atoms. The number of aromatic nitrogens is 2. The molecule has 0 aliphatic rings. The second-order valence-corrected chi connectivity index (χ2v) is 8.53. The fourth-order valence-electron chi connectivity index (χ4n) is 2.98. The highest BCUT2D eigenvalue weighted by Crippen LogP contribution is 2.33. The summed E-state index contributed by atoms with van der Waals surface area (Å²) < 4.78 is 2.02. The minimum Gasteiger partial charge on any atom is -0.279 e. The zero-order chi connectivity index (χ0) is 19.7. The predicted molar refractivity (Wildman–Crippen MR) is 118 cm³/mol. The van der Waals surface area contributed by atoms with Gasteiger partial charge in [-0.15, -0.1) is 0 Å². The Morgan fingerprint density at radius 2 is 1.89 bits per heavy atom. The Labute approximate surface area is 176 Å². The van der Waals surface area contributed by atoms with Crippen molar-refractivity contribution in [3.8, 4) is 0 Å². The summed E-state index contributed by atoms with van der Waals surface area (Å²) >= 11 is 4.96. The van der Waals surface area contributed by atoms with Crippen molar-refractivity contribution in [2.24, 2.45) is 0 Å². The Hall–Kier alpha value is -2.57. The number of benzene rings is 2. The highest BCUT2D eigenvalue weighted by atomic mass is 79.9. The minimum atomic E-state index is -0.0789. The summed E-state index contributed by atoms with van der Waals surface area (Å²) in [4.78, 5) is 24.1. The summed E-state index contributed by atoms with van der Waals surface area (Å²) in [5.74, 6) is -0.0789. The van der Waals surface area contributed by atoms with Crippen LogP contribution in [-0.4, -0.2) is 15.9 Å². The van der Waals surface area contributed by atoms with E-state index < -0.39 is 0 Å². The number of fused-ring (bicyclic) bond motifs is 1. The number of pyridine rings is 1. The third-order valence-corrected chi connectivity index (χ3v) is 6.28. The van der Waals surface area contributed by atoms with Gasteiger partial charge in [0.1, 0.15) is 0 Å². The van der Waals surface area contributed by atoms with Crippen LogP contribution in [0, 0.1) is 13.8 Å². The number of rotatable bonds is 4. The van der Waals surface area contributed by atoms with E-state index in [2.05, 4.69) is 46.9 Å². The molecule has 0 radical (unpaired) electrons. The first-order chi connectivity index (χ1) is 13.5. The summed E-state index contributed by atoms with van der Waals surface area (Å²) in [7, 11) is 0. The van der Waals surface area contributed by atoms with Crippen LogP contribution in [0.15, 0.2) is 65.4 Å². The molecule has 28 heavy (non-hydrogen) atoms. The lowest BCUT2D eigenvalue weighted by atomic mass is 10.1. The van der Waals surface area contributed by atoms with E-state index in [0.29, 0.717) is 17.2 Å². The van der Waals surface area contributed by atoms with E-state index in [1.54, 1.807) is 17.3 Å². The quantitative estimate of drug-likeness (QED) is 0.386. The first-order valence-corrected chi connectivity index (χ1v) is 10.5. The van der Waals surface area contributed by atoms with E-state index in [4.69, 9.17) is 4.98 Å². The maximum Gasteiger partial charge on any atom is 0.260 e. The normalized spacial score (nSPS) is 11.0. The number of carbonyl (C=O) groups excluding carboxylic acids is 1. The van der Waals surface area contributed by atoms with E-state index in [9.17, 15) is 4.79 Å². The van der Waals surface area contributed by atoms with Crippen LogP contribution in [0.2, 0.25) is 0 Å². The van der Waals surface area contributed by atoms with Crippen LogP contribution in [0.25, 0.3) is 10.2 Å². The van der Waals surface area contributed by atoms with Gasteiger partial charge in [-0.1, -0.05) is 39.4 Å². The Balaban J connectivity index is 1.79. The van der Waals surface area contributed by atoms with Gasteiger partial charge in [-0.2, -0.15) is 0 Å². The third-order valence-electron chi connectivity index (χ3n) is 4.70. The third kappa shape index (κ3) is 3.70. The standard InChI is InChI=1S/C22H18BrN3OS/c1-14-5-10-19-20(15(14)2)25-22(28-19)26(13-16-4-3-11-24-12-16)21(27)17-6-8-18(23)9-7-17/h3-12H,13H2,1-2H3. The molecule has 0 N–H and O–H groups in total. The lowest BCUT2D eigenvalue weighted by Crippen LogP contribution is -2.30. The number of aryl methyl sites for hydroxylation is 2. The number of hydrogen-bond donors (Lipinski definition) is 0. The smallest absolute Gasteiger partial charge is 0.260 e. The van der Waals surface area contributed by atoms with Gasteiger partial charge >= 0.3 is 0 Å². The van der Waals surface area contributed by atoms with Crippen LogP contribution >= 0.6 is 27.3 Å². The van der Waals surface area contributed by atoms with E-state index in [-0.39, 0.29) is 5.91 Å². The Bertz CT molecular complexity index is 1140. The van der Waals surface area contributed by atoms with Gasteiger partial charge in [0.05, 0.1) is 16.8 Å². The van der Waals surface area contributed by atoms with Crippen LogP contribution < -0.4 is 4.90 Å². The maximum atomic E-state index is 13.3. The molecule has 0 saturated carbocycles. The Kier molecular flexibility index (Phi) is 5.24. The molecule has 2 aromatic heterocycles. The zero-order valence-electron chi connectivity index (χ0n) is 15.5. The van der Waals surface area contributed by atoms with Crippen LogP contribution in [0.3, 0.4) is 0 Å². The topological polar surface area (TPSA) is 46.1 Å². The number of nitrogens with zero attached hydrogens (tertiary/aromatic N) is 3. The lowest BCUT2D eigenvalue weighted by molar-refractivity contribution is 0.0985. The number of anilines is 1. The predicted octanol–water partition coefficient (Wildman–Crippen LogP) is 5.92. The SMILES string of the molecule is Cc1ccc2sc(N(Cc3cccnc3)C(=O)c3ccc(Br)cc3)nc2c1C. The minimum absolute atomic E-state index is 0.0789.